The van der Waals surface area contributed by atoms with Crippen LogP contribution in [0.15, 0.2) is 34.2 Å². The Balaban J connectivity index is 1.69. The van der Waals surface area contributed by atoms with Crippen LogP contribution in [-0.2, 0) is 5.41 Å². The standard InChI is InChI=1S/C18H19FN4O2S/c1-10-5-6-12(11(19)7-10)20-17-21-13(9-26-17)16(24)22-15-8-14(25-23-15)18(2,3)4/h5-9H,1-4H3,(H,20,21)(H,22,23,24). The van der Waals surface area contributed by atoms with Crippen LogP contribution in [0.1, 0.15) is 42.6 Å². The van der Waals surface area contributed by atoms with Crippen LogP contribution in [0.3, 0.4) is 0 Å². The quantitative estimate of drug-likeness (QED) is 0.681. The zero-order valence-electron chi connectivity index (χ0n) is 14.9. The average Bonchev–Trinajstić information content (AvgIpc) is 3.19. The number of nitrogens with one attached hydrogen (secondary N) is 2. The molecule has 136 valence electrons. The molecule has 8 heteroatoms. The number of rotatable bonds is 4. The molecule has 0 aliphatic rings. The lowest BCUT2D eigenvalue weighted by molar-refractivity contribution is 0.102. The third-order valence-electron chi connectivity index (χ3n) is 3.59. The van der Waals surface area contributed by atoms with Crippen molar-refractivity contribution in [3.63, 3.8) is 0 Å². The van der Waals surface area contributed by atoms with E-state index in [1.54, 1.807) is 23.6 Å². The van der Waals surface area contributed by atoms with Gasteiger partial charge in [-0.05, 0) is 24.6 Å². The van der Waals surface area contributed by atoms with Crippen molar-refractivity contribution in [2.75, 3.05) is 10.6 Å². The number of aromatic nitrogens is 2. The second kappa shape index (κ2) is 6.87. The van der Waals surface area contributed by atoms with Gasteiger partial charge in [-0.25, -0.2) is 9.37 Å². The van der Waals surface area contributed by atoms with E-state index in [-0.39, 0.29) is 16.9 Å². The Bertz CT molecular complexity index is 943. The van der Waals surface area contributed by atoms with Crippen molar-refractivity contribution in [2.24, 2.45) is 0 Å². The molecule has 1 amide bonds. The van der Waals surface area contributed by atoms with Gasteiger partial charge in [0.15, 0.2) is 10.9 Å². The first-order valence-electron chi connectivity index (χ1n) is 7.99. The van der Waals surface area contributed by atoms with E-state index < -0.39 is 5.91 Å². The fourth-order valence-electron chi connectivity index (χ4n) is 2.14. The summed E-state index contributed by atoms with van der Waals surface area (Å²) in [6.07, 6.45) is 0. The Morgan fingerprint density at radius 2 is 2.04 bits per heavy atom. The van der Waals surface area contributed by atoms with Crippen LogP contribution in [0.25, 0.3) is 0 Å². The second-order valence-electron chi connectivity index (χ2n) is 6.93. The first kappa shape index (κ1) is 18.1. The number of amides is 1. The summed E-state index contributed by atoms with van der Waals surface area (Å²) in [6, 6.07) is 6.55. The minimum absolute atomic E-state index is 0.203. The first-order chi connectivity index (χ1) is 12.2. The summed E-state index contributed by atoms with van der Waals surface area (Å²) >= 11 is 1.21. The molecule has 2 heterocycles. The van der Waals surface area contributed by atoms with Gasteiger partial charge >= 0.3 is 0 Å². The van der Waals surface area contributed by atoms with E-state index in [0.29, 0.717) is 22.4 Å². The van der Waals surface area contributed by atoms with Crippen molar-refractivity contribution >= 4 is 33.9 Å². The normalized spacial score (nSPS) is 11.4. The summed E-state index contributed by atoms with van der Waals surface area (Å²) < 4.78 is 19.1. The fourth-order valence-corrected chi connectivity index (χ4v) is 2.84. The molecule has 3 rings (SSSR count). The summed E-state index contributed by atoms with van der Waals surface area (Å²) in [7, 11) is 0. The van der Waals surface area contributed by atoms with Gasteiger partial charge < -0.3 is 15.2 Å². The van der Waals surface area contributed by atoms with E-state index in [1.165, 1.54) is 17.4 Å². The lowest BCUT2D eigenvalue weighted by Crippen LogP contribution is -2.13. The van der Waals surface area contributed by atoms with Crippen LogP contribution in [0, 0.1) is 12.7 Å². The lowest BCUT2D eigenvalue weighted by Gasteiger charge is -2.11. The van der Waals surface area contributed by atoms with Crippen LogP contribution in [-0.4, -0.2) is 16.0 Å². The summed E-state index contributed by atoms with van der Waals surface area (Å²) in [5, 5.41) is 11.4. The SMILES string of the molecule is Cc1ccc(Nc2nc(C(=O)Nc3cc(C(C)(C)C)on3)cs2)c(F)c1. The van der Waals surface area contributed by atoms with Gasteiger partial charge in [-0.15, -0.1) is 11.3 Å². The molecule has 0 saturated heterocycles. The van der Waals surface area contributed by atoms with Gasteiger partial charge in [-0.3, -0.25) is 4.79 Å². The molecule has 0 unspecified atom stereocenters. The Kier molecular flexibility index (Phi) is 4.78. The monoisotopic (exact) mass is 374 g/mol. The molecular weight excluding hydrogens is 355 g/mol. The molecule has 0 fully saturated rings. The van der Waals surface area contributed by atoms with Gasteiger partial charge in [-0.1, -0.05) is 32.0 Å². The molecule has 0 radical (unpaired) electrons. The smallest absolute Gasteiger partial charge is 0.276 e. The van der Waals surface area contributed by atoms with Crippen molar-refractivity contribution in [3.8, 4) is 0 Å². The number of aryl methyl sites for hydroxylation is 1. The van der Waals surface area contributed by atoms with Crippen LogP contribution in [0.2, 0.25) is 0 Å². The predicted octanol–water partition coefficient (Wildman–Crippen LogP) is 4.87. The first-order valence-corrected chi connectivity index (χ1v) is 8.87. The second-order valence-corrected chi connectivity index (χ2v) is 7.78. The van der Waals surface area contributed by atoms with E-state index in [0.717, 1.165) is 5.56 Å². The van der Waals surface area contributed by atoms with Crippen LogP contribution >= 0.6 is 11.3 Å². The average molecular weight is 374 g/mol. The van der Waals surface area contributed by atoms with E-state index in [9.17, 15) is 9.18 Å². The van der Waals surface area contributed by atoms with E-state index >= 15 is 0 Å². The number of benzene rings is 1. The van der Waals surface area contributed by atoms with E-state index in [4.69, 9.17) is 4.52 Å². The number of hydrogen-bond acceptors (Lipinski definition) is 6. The van der Waals surface area contributed by atoms with Gasteiger partial charge in [0.1, 0.15) is 17.3 Å². The van der Waals surface area contributed by atoms with Crippen molar-refractivity contribution in [1.82, 2.24) is 10.1 Å². The third kappa shape index (κ3) is 4.08. The molecule has 6 nitrogen and oxygen atoms in total. The number of carbonyl (C=O) groups is 1. The lowest BCUT2D eigenvalue weighted by atomic mass is 9.93. The zero-order chi connectivity index (χ0) is 18.9. The molecule has 0 bridgehead atoms. The topological polar surface area (TPSA) is 80.0 Å². The van der Waals surface area contributed by atoms with Crippen molar-refractivity contribution < 1.29 is 13.7 Å². The maximum absolute atomic E-state index is 13.9. The largest absolute Gasteiger partial charge is 0.359 e. The number of carbonyl (C=O) groups excluding carboxylic acids is 1. The fraction of sp³-hybridized carbons (Fsp3) is 0.278. The summed E-state index contributed by atoms with van der Waals surface area (Å²) in [5.74, 6) is 0.214. The maximum atomic E-state index is 13.9. The Morgan fingerprint density at radius 1 is 1.27 bits per heavy atom. The van der Waals surface area contributed by atoms with Gasteiger partial charge in [0, 0.05) is 16.9 Å². The van der Waals surface area contributed by atoms with Crippen LogP contribution in [0.4, 0.5) is 21.0 Å². The van der Waals surface area contributed by atoms with Gasteiger partial charge in [0.05, 0.1) is 5.69 Å². The molecule has 0 atom stereocenters. The molecule has 0 saturated carbocycles. The minimum Gasteiger partial charge on any atom is -0.359 e. The van der Waals surface area contributed by atoms with Gasteiger partial charge in [0.2, 0.25) is 0 Å². The molecule has 1 aromatic carbocycles. The number of hydrogen-bond donors (Lipinski definition) is 2. The summed E-state index contributed by atoms with van der Waals surface area (Å²) in [4.78, 5) is 16.5. The molecular formula is C18H19FN4O2S. The van der Waals surface area contributed by atoms with Gasteiger partial charge in [0.25, 0.3) is 5.91 Å². The number of thiazole rings is 1. The van der Waals surface area contributed by atoms with E-state index in [1.807, 2.05) is 27.7 Å². The van der Waals surface area contributed by atoms with Crippen molar-refractivity contribution in [2.45, 2.75) is 33.1 Å². The highest BCUT2D eigenvalue weighted by Crippen LogP contribution is 2.26. The highest BCUT2D eigenvalue weighted by molar-refractivity contribution is 7.14. The summed E-state index contributed by atoms with van der Waals surface area (Å²) in [5.41, 5.74) is 1.15. The Morgan fingerprint density at radius 3 is 2.69 bits per heavy atom. The van der Waals surface area contributed by atoms with E-state index in [2.05, 4.69) is 20.8 Å². The highest BCUT2D eigenvalue weighted by Gasteiger charge is 2.21. The van der Waals surface area contributed by atoms with Crippen LogP contribution in [0.5, 0.6) is 0 Å². The molecule has 0 spiro atoms. The Labute approximate surface area is 154 Å². The number of nitrogens with zero attached hydrogens (tertiary/aromatic N) is 2. The molecule has 0 aliphatic heterocycles. The Hall–Kier alpha value is -2.74. The molecule has 3 aromatic rings. The third-order valence-corrected chi connectivity index (χ3v) is 4.35. The van der Waals surface area contributed by atoms with Gasteiger partial charge in [-0.2, -0.15) is 0 Å². The number of anilines is 3. The van der Waals surface area contributed by atoms with Crippen molar-refractivity contribution in [1.29, 1.82) is 0 Å². The molecule has 2 N–H and O–H groups in total. The minimum atomic E-state index is -0.410. The maximum Gasteiger partial charge on any atom is 0.276 e. The van der Waals surface area contributed by atoms with Crippen molar-refractivity contribution in [3.05, 3.63) is 52.5 Å². The number of halogens is 1. The molecule has 0 aliphatic carbocycles. The predicted molar refractivity (Wildman–Crippen MR) is 99.7 cm³/mol. The molecule has 26 heavy (non-hydrogen) atoms. The highest BCUT2D eigenvalue weighted by atomic mass is 32.1. The zero-order valence-corrected chi connectivity index (χ0v) is 15.7. The summed E-state index contributed by atoms with van der Waals surface area (Å²) in [6.45, 7) is 7.78. The van der Waals surface area contributed by atoms with Crippen LogP contribution < -0.4 is 10.6 Å². The molecule has 2 aromatic heterocycles.